The molecule has 0 bridgehead atoms. The van der Waals surface area contributed by atoms with Crippen molar-refractivity contribution >= 4 is 29.2 Å². The van der Waals surface area contributed by atoms with E-state index in [1.807, 2.05) is 0 Å². The van der Waals surface area contributed by atoms with Crippen LogP contribution in [0.5, 0.6) is 0 Å². The Labute approximate surface area is 179 Å². The number of aliphatic carboxylic acids is 1. The van der Waals surface area contributed by atoms with Crippen LogP contribution in [0.2, 0.25) is 5.02 Å². The summed E-state index contributed by atoms with van der Waals surface area (Å²) in [5.74, 6) is -1.56. The van der Waals surface area contributed by atoms with Gasteiger partial charge in [-0.2, -0.15) is 0 Å². The van der Waals surface area contributed by atoms with Crippen molar-refractivity contribution in [3.8, 4) is 0 Å². The van der Waals surface area contributed by atoms with E-state index in [2.05, 4.69) is 4.90 Å². The van der Waals surface area contributed by atoms with Gasteiger partial charge in [-0.05, 0) is 61.4 Å². The van der Waals surface area contributed by atoms with Crippen LogP contribution in [0.4, 0.5) is 10.1 Å². The Morgan fingerprint density at radius 3 is 2.33 bits per heavy atom. The van der Waals surface area contributed by atoms with Gasteiger partial charge in [0, 0.05) is 42.5 Å². The van der Waals surface area contributed by atoms with Crippen LogP contribution in [0.15, 0.2) is 48.5 Å². The van der Waals surface area contributed by atoms with Gasteiger partial charge in [0.2, 0.25) is 0 Å². The highest BCUT2D eigenvalue weighted by Gasteiger charge is 2.23. The Morgan fingerprint density at radius 1 is 1.10 bits per heavy atom. The van der Waals surface area contributed by atoms with E-state index in [0.29, 0.717) is 29.4 Å². The van der Waals surface area contributed by atoms with Crippen LogP contribution >= 0.6 is 11.6 Å². The minimum absolute atomic E-state index is 0.0504. The highest BCUT2D eigenvalue weighted by molar-refractivity contribution is 6.30. The van der Waals surface area contributed by atoms with Crippen molar-refractivity contribution in [3.63, 3.8) is 0 Å². The largest absolute Gasteiger partial charge is 0.480 e. The van der Waals surface area contributed by atoms with Crippen molar-refractivity contribution in [1.82, 2.24) is 4.90 Å². The number of benzene rings is 2. The normalized spacial score (nSPS) is 15.1. The lowest BCUT2D eigenvalue weighted by Gasteiger charge is -2.33. The van der Waals surface area contributed by atoms with Gasteiger partial charge in [-0.3, -0.25) is 4.79 Å². The minimum Gasteiger partial charge on any atom is -0.480 e. The molecule has 0 spiro atoms. The first-order chi connectivity index (χ1) is 14.4. The molecule has 160 valence electrons. The number of carboxylic acid groups (broad SMARTS) is 1. The smallest absolute Gasteiger partial charge is 0.329 e. The highest BCUT2D eigenvalue weighted by atomic mass is 35.5. The fourth-order valence-electron chi connectivity index (χ4n) is 3.45. The second-order valence-corrected chi connectivity index (χ2v) is 7.62. The van der Waals surface area contributed by atoms with E-state index in [4.69, 9.17) is 21.4 Å². The number of hydrogen-bond acceptors (Lipinski definition) is 4. The number of piperidine rings is 1. The molecule has 30 heavy (non-hydrogen) atoms. The molecule has 0 atom stereocenters. The van der Waals surface area contributed by atoms with E-state index in [0.717, 1.165) is 25.9 Å². The summed E-state index contributed by atoms with van der Waals surface area (Å²) in [6.45, 7) is 2.37. The average Bonchev–Trinajstić information content (AvgIpc) is 2.74. The van der Waals surface area contributed by atoms with Gasteiger partial charge in [-0.15, -0.1) is 0 Å². The molecule has 2 aromatic rings. The first kappa shape index (κ1) is 22.2. The van der Waals surface area contributed by atoms with Crippen LogP contribution in [0.3, 0.4) is 0 Å². The van der Waals surface area contributed by atoms with Gasteiger partial charge in [-0.25, -0.2) is 9.18 Å². The third-order valence-electron chi connectivity index (χ3n) is 5.09. The number of hydrogen-bond donors (Lipinski definition) is 1. The van der Waals surface area contributed by atoms with Gasteiger partial charge in [0.05, 0.1) is 6.10 Å². The molecule has 6 nitrogen and oxygen atoms in total. The SMILES string of the molecule is O=C(O)COC1CCN(CCN(C(=O)c2ccc(F)cc2)c2ccc(Cl)cc2)CC1. The Bertz CT molecular complexity index is 852. The first-order valence-corrected chi connectivity index (χ1v) is 10.2. The Kier molecular flexibility index (Phi) is 7.79. The number of carbonyl (C=O) groups excluding carboxylic acids is 1. The number of carbonyl (C=O) groups is 2. The average molecular weight is 435 g/mol. The summed E-state index contributed by atoms with van der Waals surface area (Å²) in [6.07, 6.45) is 1.45. The zero-order valence-corrected chi connectivity index (χ0v) is 17.2. The topological polar surface area (TPSA) is 70.1 Å². The van der Waals surface area contributed by atoms with Crippen molar-refractivity contribution in [2.75, 3.05) is 37.7 Å². The molecule has 2 aromatic carbocycles. The van der Waals surface area contributed by atoms with Crippen LogP contribution in [-0.2, 0) is 9.53 Å². The summed E-state index contributed by atoms with van der Waals surface area (Å²) in [4.78, 5) is 27.6. The Morgan fingerprint density at radius 2 is 1.73 bits per heavy atom. The Hall–Kier alpha value is -2.48. The molecule has 1 N–H and O–H groups in total. The molecule has 3 rings (SSSR count). The molecular formula is C22H24ClFN2O4. The summed E-state index contributed by atoms with van der Waals surface area (Å²) in [6, 6.07) is 12.5. The molecule has 1 heterocycles. The van der Waals surface area contributed by atoms with E-state index in [1.54, 1.807) is 29.2 Å². The molecule has 0 radical (unpaired) electrons. The molecule has 1 fully saturated rings. The quantitative estimate of drug-likeness (QED) is 0.686. The molecule has 0 unspecified atom stereocenters. The standard InChI is InChI=1S/C22H24ClFN2O4/c23-17-3-7-19(8-4-17)26(22(29)16-1-5-18(24)6-2-16)14-13-25-11-9-20(10-12-25)30-15-21(27)28/h1-8,20H,9-15H2,(H,27,28). The van der Waals surface area contributed by atoms with Crippen LogP contribution in [-0.4, -0.2) is 60.8 Å². The molecule has 0 aliphatic carbocycles. The predicted molar refractivity (Wildman–Crippen MR) is 113 cm³/mol. The lowest BCUT2D eigenvalue weighted by Crippen LogP contribution is -2.43. The summed E-state index contributed by atoms with van der Waals surface area (Å²) in [7, 11) is 0. The second kappa shape index (κ2) is 10.5. The number of rotatable bonds is 8. The number of carboxylic acids is 1. The summed E-state index contributed by atoms with van der Waals surface area (Å²) >= 11 is 5.99. The zero-order valence-electron chi connectivity index (χ0n) is 16.5. The maximum atomic E-state index is 13.3. The fraction of sp³-hybridized carbons (Fsp3) is 0.364. The number of nitrogens with zero attached hydrogens (tertiary/aromatic N) is 2. The summed E-state index contributed by atoms with van der Waals surface area (Å²) in [5.41, 5.74) is 1.13. The molecule has 0 saturated carbocycles. The van der Waals surface area contributed by atoms with E-state index in [9.17, 15) is 14.0 Å². The van der Waals surface area contributed by atoms with Crippen molar-refractivity contribution in [2.45, 2.75) is 18.9 Å². The van der Waals surface area contributed by atoms with Crippen LogP contribution < -0.4 is 4.90 Å². The molecule has 1 amide bonds. The molecular weight excluding hydrogens is 411 g/mol. The number of anilines is 1. The lowest BCUT2D eigenvalue weighted by atomic mass is 10.1. The molecule has 1 aliphatic rings. The Balaban J connectivity index is 1.63. The van der Waals surface area contributed by atoms with E-state index >= 15 is 0 Å². The second-order valence-electron chi connectivity index (χ2n) is 7.19. The van der Waals surface area contributed by atoms with Gasteiger partial charge < -0.3 is 19.6 Å². The fourth-order valence-corrected chi connectivity index (χ4v) is 3.57. The summed E-state index contributed by atoms with van der Waals surface area (Å²) in [5, 5.41) is 9.31. The maximum absolute atomic E-state index is 13.3. The van der Waals surface area contributed by atoms with Gasteiger partial charge in [0.25, 0.3) is 5.91 Å². The van der Waals surface area contributed by atoms with Crippen LogP contribution in [0, 0.1) is 5.82 Å². The van der Waals surface area contributed by atoms with E-state index < -0.39 is 11.8 Å². The van der Waals surface area contributed by atoms with Gasteiger partial charge in [-0.1, -0.05) is 11.6 Å². The molecule has 1 aliphatic heterocycles. The van der Waals surface area contributed by atoms with E-state index in [1.165, 1.54) is 24.3 Å². The third kappa shape index (κ3) is 6.26. The number of amides is 1. The molecule has 0 aromatic heterocycles. The van der Waals surface area contributed by atoms with Crippen LogP contribution in [0.25, 0.3) is 0 Å². The van der Waals surface area contributed by atoms with Gasteiger partial charge >= 0.3 is 5.97 Å². The lowest BCUT2D eigenvalue weighted by molar-refractivity contribution is -0.145. The van der Waals surface area contributed by atoms with Crippen molar-refractivity contribution in [2.24, 2.45) is 0 Å². The van der Waals surface area contributed by atoms with Crippen LogP contribution in [0.1, 0.15) is 23.2 Å². The highest BCUT2D eigenvalue weighted by Crippen LogP contribution is 2.21. The van der Waals surface area contributed by atoms with Gasteiger partial charge in [0.1, 0.15) is 12.4 Å². The molecule has 1 saturated heterocycles. The summed E-state index contributed by atoms with van der Waals surface area (Å²) < 4.78 is 18.6. The number of ether oxygens (including phenoxy) is 1. The van der Waals surface area contributed by atoms with Crippen molar-refractivity contribution in [1.29, 1.82) is 0 Å². The van der Waals surface area contributed by atoms with Crippen molar-refractivity contribution in [3.05, 3.63) is 64.9 Å². The zero-order chi connectivity index (χ0) is 21.5. The molecule has 8 heteroatoms. The number of halogens is 2. The first-order valence-electron chi connectivity index (χ1n) is 9.81. The number of likely N-dealkylation sites (tertiary alicyclic amines) is 1. The monoisotopic (exact) mass is 434 g/mol. The minimum atomic E-state index is -0.963. The van der Waals surface area contributed by atoms with Crippen molar-refractivity contribution < 1.29 is 23.8 Å². The maximum Gasteiger partial charge on any atom is 0.329 e. The third-order valence-corrected chi connectivity index (χ3v) is 5.34. The van der Waals surface area contributed by atoms with Gasteiger partial charge in [0.15, 0.2) is 0 Å². The van der Waals surface area contributed by atoms with E-state index in [-0.39, 0.29) is 18.6 Å². The predicted octanol–water partition coefficient (Wildman–Crippen LogP) is 3.69.